The molecule has 1 heterocycles. The van der Waals surface area contributed by atoms with E-state index in [1.54, 1.807) is 24.3 Å². The maximum absolute atomic E-state index is 12.3. The second kappa shape index (κ2) is 4.23. The summed E-state index contributed by atoms with van der Waals surface area (Å²) in [6.07, 6.45) is 0. The molecular formula is C13H8ClN3O. The molecular weight excluding hydrogens is 250 g/mol. The van der Waals surface area contributed by atoms with Gasteiger partial charge in [-0.05, 0) is 36.4 Å². The zero-order valence-corrected chi connectivity index (χ0v) is 10.0. The standard InChI is InChI=1S/C13H8ClN3O/c14-10-7-5-9(6-8-10)13(18)17-12-4-2-1-3-11(12)15-16-17/h1-8H. The maximum atomic E-state index is 12.3. The van der Waals surface area contributed by atoms with Crippen molar-refractivity contribution in [1.29, 1.82) is 0 Å². The van der Waals surface area contributed by atoms with Gasteiger partial charge in [0.05, 0.1) is 5.52 Å². The van der Waals surface area contributed by atoms with Gasteiger partial charge >= 0.3 is 0 Å². The highest BCUT2D eigenvalue weighted by Crippen LogP contribution is 2.14. The van der Waals surface area contributed by atoms with Crippen LogP contribution in [0.3, 0.4) is 0 Å². The third-order valence-corrected chi connectivity index (χ3v) is 2.89. The number of fused-ring (bicyclic) bond motifs is 1. The van der Waals surface area contributed by atoms with Crippen LogP contribution in [0.2, 0.25) is 5.02 Å². The van der Waals surface area contributed by atoms with Gasteiger partial charge < -0.3 is 0 Å². The lowest BCUT2D eigenvalue weighted by atomic mass is 10.2. The van der Waals surface area contributed by atoms with Gasteiger partial charge in [0.2, 0.25) is 0 Å². The molecule has 3 aromatic rings. The molecule has 88 valence electrons. The normalized spacial score (nSPS) is 10.7. The zero-order valence-electron chi connectivity index (χ0n) is 9.25. The second-order valence-electron chi connectivity index (χ2n) is 3.80. The van der Waals surface area contributed by atoms with Crippen molar-refractivity contribution in [3.8, 4) is 0 Å². The van der Waals surface area contributed by atoms with E-state index in [9.17, 15) is 4.79 Å². The predicted molar refractivity (Wildman–Crippen MR) is 68.7 cm³/mol. The predicted octanol–water partition coefficient (Wildman–Crippen LogP) is 2.77. The van der Waals surface area contributed by atoms with Crippen LogP contribution in [0.1, 0.15) is 10.4 Å². The molecule has 0 N–H and O–H groups in total. The van der Waals surface area contributed by atoms with E-state index in [0.717, 1.165) is 0 Å². The van der Waals surface area contributed by atoms with E-state index in [0.29, 0.717) is 21.6 Å². The van der Waals surface area contributed by atoms with E-state index in [1.165, 1.54) is 4.68 Å². The lowest BCUT2D eigenvalue weighted by molar-refractivity contribution is 0.0948. The molecule has 2 aromatic carbocycles. The van der Waals surface area contributed by atoms with E-state index in [1.807, 2.05) is 24.3 Å². The molecule has 0 spiro atoms. The average molecular weight is 258 g/mol. The van der Waals surface area contributed by atoms with E-state index >= 15 is 0 Å². The minimum absolute atomic E-state index is 0.222. The Balaban J connectivity index is 2.09. The summed E-state index contributed by atoms with van der Waals surface area (Å²) in [5.41, 5.74) is 1.91. The fourth-order valence-electron chi connectivity index (χ4n) is 1.73. The molecule has 0 amide bonds. The number of halogens is 1. The van der Waals surface area contributed by atoms with Crippen LogP contribution in [0.15, 0.2) is 48.5 Å². The Labute approximate surface area is 108 Å². The van der Waals surface area contributed by atoms with Gasteiger partial charge in [-0.25, -0.2) is 0 Å². The van der Waals surface area contributed by atoms with Crippen molar-refractivity contribution in [2.24, 2.45) is 0 Å². The zero-order chi connectivity index (χ0) is 12.5. The van der Waals surface area contributed by atoms with Crippen LogP contribution in [-0.4, -0.2) is 20.9 Å². The van der Waals surface area contributed by atoms with E-state index < -0.39 is 0 Å². The molecule has 5 heteroatoms. The maximum Gasteiger partial charge on any atom is 0.280 e. The quantitative estimate of drug-likeness (QED) is 0.673. The number of rotatable bonds is 1. The molecule has 0 atom stereocenters. The molecule has 0 bridgehead atoms. The largest absolute Gasteiger partial charge is 0.280 e. The molecule has 1 aromatic heterocycles. The molecule has 0 aliphatic rings. The Bertz CT molecular complexity index is 718. The van der Waals surface area contributed by atoms with Gasteiger partial charge in [0.25, 0.3) is 5.91 Å². The Kier molecular flexibility index (Phi) is 2.57. The molecule has 0 saturated carbocycles. The van der Waals surface area contributed by atoms with Gasteiger partial charge in [-0.15, -0.1) is 5.10 Å². The lowest BCUT2D eigenvalue weighted by Gasteiger charge is -2.01. The van der Waals surface area contributed by atoms with Gasteiger partial charge in [-0.3, -0.25) is 4.79 Å². The summed E-state index contributed by atoms with van der Waals surface area (Å²) < 4.78 is 1.29. The highest BCUT2D eigenvalue weighted by atomic mass is 35.5. The smallest absolute Gasteiger partial charge is 0.267 e. The molecule has 0 radical (unpaired) electrons. The summed E-state index contributed by atoms with van der Waals surface area (Å²) in [4.78, 5) is 12.3. The Hall–Kier alpha value is -2.20. The minimum Gasteiger partial charge on any atom is -0.267 e. The number of para-hydroxylation sites is 1. The number of hydrogen-bond donors (Lipinski definition) is 0. The summed E-state index contributed by atoms with van der Waals surface area (Å²) in [5, 5.41) is 8.42. The molecule has 3 rings (SSSR count). The van der Waals surface area contributed by atoms with Crippen LogP contribution in [-0.2, 0) is 0 Å². The number of aromatic nitrogens is 3. The van der Waals surface area contributed by atoms with Crippen LogP contribution < -0.4 is 0 Å². The highest BCUT2D eigenvalue weighted by Gasteiger charge is 2.13. The molecule has 0 aliphatic carbocycles. The summed E-state index contributed by atoms with van der Waals surface area (Å²) in [6, 6.07) is 14.0. The van der Waals surface area contributed by atoms with Gasteiger partial charge in [0.1, 0.15) is 5.52 Å². The third kappa shape index (κ3) is 1.76. The highest BCUT2D eigenvalue weighted by molar-refractivity contribution is 6.30. The van der Waals surface area contributed by atoms with E-state index in [4.69, 9.17) is 11.6 Å². The van der Waals surface area contributed by atoms with Gasteiger partial charge in [-0.1, -0.05) is 28.9 Å². The first-order valence-corrected chi connectivity index (χ1v) is 5.74. The summed E-state index contributed by atoms with van der Waals surface area (Å²) in [6.45, 7) is 0. The number of nitrogens with zero attached hydrogens (tertiary/aromatic N) is 3. The van der Waals surface area contributed by atoms with Crippen molar-refractivity contribution in [2.45, 2.75) is 0 Å². The van der Waals surface area contributed by atoms with Gasteiger partial charge in [-0.2, -0.15) is 4.68 Å². The molecule has 0 saturated heterocycles. The molecule has 0 unspecified atom stereocenters. The Morgan fingerprint density at radius 2 is 1.78 bits per heavy atom. The molecule has 18 heavy (non-hydrogen) atoms. The van der Waals surface area contributed by atoms with Crippen molar-refractivity contribution in [3.63, 3.8) is 0 Å². The van der Waals surface area contributed by atoms with E-state index in [-0.39, 0.29) is 5.91 Å². The van der Waals surface area contributed by atoms with Crippen LogP contribution in [0.5, 0.6) is 0 Å². The van der Waals surface area contributed by atoms with Crippen LogP contribution in [0.4, 0.5) is 0 Å². The minimum atomic E-state index is -0.222. The van der Waals surface area contributed by atoms with Crippen molar-refractivity contribution < 1.29 is 4.79 Å². The first-order chi connectivity index (χ1) is 8.75. The molecule has 0 fully saturated rings. The number of hydrogen-bond acceptors (Lipinski definition) is 3. The lowest BCUT2D eigenvalue weighted by Crippen LogP contribution is -2.13. The first-order valence-electron chi connectivity index (χ1n) is 5.36. The molecule has 0 aliphatic heterocycles. The fourth-order valence-corrected chi connectivity index (χ4v) is 1.86. The van der Waals surface area contributed by atoms with Gasteiger partial charge in [0.15, 0.2) is 0 Å². The van der Waals surface area contributed by atoms with Crippen LogP contribution >= 0.6 is 11.6 Å². The van der Waals surface area contributed by atoms with Crippen molar-refractivity contribution >= 4 is 28.5 Å². The number of benzene rings is 2. The molecule has 4 nitrogen and oxygen atoms in total. The Morgan fingerprint density at radius 1 is 1.06 bits per heavy atom. The van der Waals surface area contributed by atoms with Crippen molar-refractivity contribution in [1.82, 2.24) is 15.0 Å². The SMILES string of the molecule is O=C(c1ccc(Cl)cc1)n1nnc2ccccc21. The van der Waals surface area contributed by atoms with Crippen molar-refractivity contribution in [2.75, 3.05) is 0 Å². The van der Waals surface area contributed by atoms with Crippen LogP contribution in [0.25, 0.3) is 11.0 Å². The fraction of sp³-hybridized carbons (Fsp3) is 0. The van der Waals surface area contributed by atoms with Crippen molar-refractivity contribution in [3.05, 3.63) is 59.1 Å². The first kappa shape index (κ1) is 10.9. The summed E-state index contributed by atoms with van der Waals surface area (Å²) in [5.74, 6) is -0.222. The topological polar surface area (TPSA) is 47.8 Å². The monoisotopic (exact) mass is 257 g/mol. The second-order valence-corrected chi connectivity index (χ2v) is 4.24. The van der Waals surface area contributed by atoms with Crippen LogP contribution in [0, 0.1) is 0 Å². The Morgan fingerprint density at radius 3 is 2.56 bits per heavy atom. The number of carbonyl (C=O) groups is 1. The summed E-state index contributed by atoms with van der Waals surface area (Å²) in [7, 11) is 0. The third-order valence-electron chi connectivity index (χ3n) is 2.64. The van der Waals surface area contributed by atoms with Gasteiger partial charge in [0, 0.05) is 10.6 Å². The van der Waals surface area contributed by atoms with E-state index in [2.05, 4.69) is 10.3 Å². The summed E-state index contributed by atoms with van der Waals surface area (Å²) >= 11 is 5.79. The average Bonchev–Trinajstić information content (AvgIpc) is 2.82. The number of carbonyl (C=O) groups excluding carboxylic acids is 1.